The van der Waals surface area contributed by atoms with E-state index in [1.54, 1.807) is 0 Å². The first-order valence-electron chi connectivity index (χ1n) is 20.1. The quantitative estimate of drug-likeness (QED) is 0.179. The molecule has 8 aromatic rings. The molecular formula is C51H43NO2S2. The Morgan fingerprint density at radius 1 is 0.536 bits per heavy atom. The van der Waals surface area contributed by atoms with E-state index in [1.165, 1.54) is 25.7 Å². The van der Waals surface area contributed by atoms with E-state index in [2.05, 4.69) is 152 Å². The van der Waals surface area contributed by atoms with Gasteiger partial charge < -0.3 is 4.90 Å². The summed E-state index contributed by atoms with van der Waals surface area (Å²) in [6.45, 7) is 4.79. The largest absolute Gasteiger partial charge is 0.310 e. The number of nitrogens with zero attached hydrogens (tertiary/aromatic N) is 1. The molecule has 2 bridgehead atoms. The molecule has 0 atom stereocenters. The molecule has 0 unspecified atom stereocenters. The molecule has 276 valence electrons. The van der Waals surface area contributed by atoms with Crippen LogP contribution >= 0.6 is 11.3 Å². The van der Waals surface area contributed by atoms with Crippen LogP contribution in [-0.2, 0) is 15.3 Å². The highest BCUT2D eigenvalue weighted by molar-refractivity contribution is 7.91. The highest BCUT2D eigenvalue weighted by atomic mass is 32.2. The van der Waals surface area contributed by atoms with Crippen LogP contribution in [0.4, 0.5) is 17.1 Å². The second kappa shape index (κ2) is 12.6. The van der Waals surface area contributed by atoms with Crippen LogP contribution in [-0.4, -0.2) is 8.42 Å². The monoisotopic (exact) mass is 765 g/mol. The van der Waals surface area contributed by atoms with Crippen LogP contribution in [0.5, 0.6) is 0 Å². The summed E-state index contributed by atoms with van der Waals surface area (Å²) in [5.74, 6) is 2.06. The molecule has 0 radical (unpaired) electrons. The molecule has 2 fully saturated rings. The average Bonchev–Trinajstić information content (AvgIpc) is 3.59. The fourth-order valence-corrected chi connectivity index (χ4v) is 14.3. The van der Waals surface area contributed by atoms with Gasteiger partial charge in [0.05, 0.1) is 15.5 Å². The molecule has 3 nitrogen and oxygen atoms in total. The van der Waals surface area contributed by atoms with E-state index in [0.29, 0.717) is 33.5 Å². The van der Waals surface area contributed by atoms with Crippen molar-refractivity contribution in [2.24, 2.45) is 23.7 Å². The maximum absolute atomic E-state index is 15.0. The van der Waals surface area contributed by atoms with Crippen molar-refractivity contribution in [3.63, 3.8) is 0 Å². The molecule has 56 heavy (non-hydrogen) atoms. The van der Waals surface area contributed by atoms with E-state index in [4.69, 9.17) is 0 Å². The van der Waals surface area contributed by atoms with Crippen molar-refractivity contribution in [1.82, 2.24) is 0 Å². The van der Waals surface area contributed by atoms with Gasteiger partial charge in [-0.15, -0.1) is 11.3 Å². The third kappa shape index (κ3) is 4.96. The smallest absolute Gasteiger partial charge is 0.207 e. The Hall–Kier alpha value is -5.23. The molecule has 7 aromatic carbocycles. The Morgan fingerprint density at radius 3 is 1.93 bits per heavy atom. The summed E-state index contributed by atoms with van der Waals surface area (Å²) < 4.78 is 32.5. The summed E-state index contributed by atoms with van der Waals surface area (Å²) in [5, 5.41) is 4.85. The second-order valence-corrected chi connectivity index (χ2v) is 19.8. The normalized spacial score (nSPS) is 23.6. The van der Waals surface area contributed by atoms with E-state index >= 15 is 0 Å². The van der Waals surface area contributed by atoms with Gasteiger partial charge in [-0.3, -0.25) is 0 Å². The van der Waals surface area contributed by atoms with Crippen molar-refractivity contribution in [3.05, 3.63) is 163 Å². The Kier molecular flexibility index (Phi) is 7.69. The zero-order chi connectivity index (χ0) is 37.8. The summed E-state index contributed by atoms with van der Waals surface area (Å²) in [7, 11) is -3.79. The first-order valence-corrected chi connectivity index (χ1v) is 22.4. The van der Waals surface area contributed by atoms with E-state index in [0.717, 1.165) is 70.2 Å². The lowest BCUT2D eigenvalue weighted by molar-refractivity contribution is 0.0231. The van der Waals surface area contributed by atoms with Crippen molar-refractivity contribution in [1.29, 1.82) is 0 Å². The highest BCUT2D eigenvalue weighted by Gasteiger charge is 2.59. The molecule has 2 heterocycles. The third-order valence-corrected chi connectivity index (χ3v) is 16.4. The number of rotatable bonds is 4. The van der Waals surface area contributed by atoms with Gasteiger partial charge in [0.15, 0.2) is 0 Å². The molecule has 1 spiro atoms. The number of thiophene rings is 1. The minimum Gasteiger partial charge on any atom is -0.310 e. The van der Waals surface area contributed by atoms with Crippen molar-refractivity contribution in [3.8, 4) is 11.1 Å². The number of anilines is 3. The lowest BCUT2D eigenvalue weighted by Crippen LogP contribution is -2.54. The van der Waals surface area contributed by atoms with Gasteiger partial charge in [-0.05, 0) is 126 Å². The van der Waals surface area contributed by atoms with Crippen LogP contribution in [0.3, 0.4) is 0 Å². The van der Waals surface area contributed by atoms with Crippen molar-refractivity contribution in [2.75, 3.05) is 4.90 Å². The minimum atomic E-state index is -3.79. The SMILES string of the molecule is CC1CC2CC(C)CC(C1)C21c2ccccc2S(=O)(=O)c2cc(N(c3ccc(-c4ccc5c(c4)sc4ccccc45)cc3)c3cccc4ccccc34)ccc21. The molecule has 0 amide bonds. The topological polar surface area (TPSA) is 37.4 Å². The fraction of sp³-hybridized carbons (Fsp3) is 0.216. The second-order valence-electron chi connectivity index (χ2n) is 16.8. The minimum absolute atomic E-state index is 0.309. The number of fused-ring (bicyclic) bond motifs is 6. The lowest BCUT2D eigenvalue weighted by atomic mass is 9.46. The maximum atomic E-state index is 15.0. The van der Waals surface area contributed by atoms with E-state index in [-0.39, 0.29) is 5.41 Å². The standard InChI is InChI=1S/C51H43NO2S2/c1-32-26-37-28-33(2)29-38(27-32)51(37)44-14-6-8-17-49(44)56(53,54)50-31-40(23-25-45(50)51)52(46-15-9-11-35-10-3-4-12-41(35)46)39-21-18-34(19-22-39)36-20-24-43-42-13-5-7-16-47(42)55-48(43)30-36/h3-25,30-33,37-38H,26-29H2,1-2H3. The molecule has 2 saturated carbocycles. The third-order valence-electron chi connectivity index (χ3n) is 13.5. The van der Waals surface area contributed by atoms with Gasteiger partial charge in [0.1, 0.15) is 0 Å². The summed E-state index contributed by atoms with van der Waals surface area (Å²) >= 11 is 1.84. The van der Waals surface area contributed by atoms with Gasteiger partial charge >= 0.3 is 0 Å². The summed E-state index contributed by atoms with van der Waals surface area (Å²) in [6.07, 6.45) is 4.50. The van der Waals surface area contributed by atoms with Gasteiger partial charge in [-0.1, -0.05) is 117 Å². The van der Waals surface area contributed by atoms with Gasteiger partial charge in [0.2, 0.25) is 9.84 Å². The average molecular weight is 766 g/mol. The molecule has 1 aliphatic heterocycles. The van der Waals surface area contributed by atoms with E-state index in [1.807, 2.05) is 29.5 Å². The number of hydrogen-bond acceptors (Lipinski definition) is 4. The van der Waals surface area contributed by atoms with Crippen LogP contribution in [0.1, 0.15) is 50.7 Å². The highest BCUT2D eigenvalue weighted by Crippen LogP contribution is 2.64. The zero-order valence-electron chi connectivity index (χ0n) is 31.7. The molecule has 0 saturated heterocycles. The number of benzene rings is 7. The van der Waals surface area contributed by atoms with Crippen LogP contribution in [0.15, 0.2) is 161 Å². The van der Waals surface area contributed by atoms with Crippen LogP contribution in [0, 0.1) is 23.7 Å². The Labute approximate surface area is 333 Å². The summed E-state index contributed by atoms with van der Waals surface area (Å²) in [6, 6.07) is 53.4. The van der Waals surface area contributed by atoms with Crippen LogP contribution in [0.25, 0.3) is 42.1 Å². The Balaban J connectivity index is 1.09. The number of hydrogen-bond donors (Lipinski definition) is 0. The molecule has 3 aliphatic rings. The van der Waals surface area contributed by atoms with Crippen LogP contribution in [0.2, 0.25) is 0 Å². The van der Waals surface area contributed by atoms with E-state index in [9.17, 15) is 8.42 Å². The number of sulfone groups is 1. The van der Waals surface area contributed by atoms with E-state index < -0.39 is 9.84 Å². The predicted molar refractivity (Wildman–Crippen MR) is 233 cm³/mol. The molecule has 11 rings (SSSR count). The first kappa shape index (κ1) is 34.1. The summed E-state index contributed by atoms with van der Waals surface area (Å²) in [5.41, 5.74) is 6.90. The fourth-order valence-electron chi connectivity index (χ4n) is 11.3. The predicted octanol–water partition coefficient (Wildman–Crippen LogP) is 13.9. The van der Waals surface area contributed by atoms with Crippen molar-refractivity contribution >= 4 is 69.2 Å². The molecule has 0 N–H and O–H groups in total. The van der Waals surface area contributed by atoms with Gasteiger partial charge in [0, 0.05) is 42.3 Å². The first-order chi connectivity index (χ1) is 27.3. The molecule has 2 aliphatic carbocycles. The zero-order valence-corrected chi connectivity index (χ0v) is 33.3. The lowest BCUT2D eigenvalue weighted by Gasteiger charge is -2.59. The van der Waals surface area contributed by atoms with Crippen molar-refractivity contribution < 1.29 is 8.42 Å². The Morgan fingerprint density at radius 2 is 1.14 bits per heavy atom. The van der Waals surface area contributed by atoms with Gasteiger partial charge in [-0.2, -0.15) is 0 Å². The van der Waals surface area contributed by atoms with Crippen molar-refractivity contribution in [2.45, 2.75) is 54.7 Å². The molecule has 1 aromatic heterocycles. The van der Waals surface area contributed by atoms with Gasteiger partial charge in [0.25, 0.3) is 0 Å². The Bertz CT molecular complexity index is 2930. The maximum Gasteiger partial charge on any atom is 0.207 e. The molecule has 5 heteroatoms. The summed E-state index contributed by atoms with van der Waals surface area (Å²) in [4.78, 5) is 3.24. The molecular weight excluding hydrogens is 723 g/mol. The van der Waals surface area contributed by atoms with Crippen LogP contribution < -0.4 is 4.90 Å². The van der Waals surface area contributed by atoms with Gasteiger partial charge in [-0.25, -0.2) is 8.42 Å².